The molecule has 0 aliphatic carbocycles. The van der Waals surface area contributed by atoms with Crippen molar-refractivity contribution in [1.29, 1.82) is 0 Å². The Morgan fingerprint density at radius 1 is 1.00 bits per heavy atom. The van der Waals surface area contributed by atoms with Crippen molar-refractivity contribution in [3.05, 3.63) is 0 Å². The number of carbonyl (C=O) groups is 3. The summed E-state index contributed by atoms with van der Waals surface area (Å²) in [5.41, 5.74) is 0. The molecule has 2 heterocycles. The van der Waals surface area contributed by atoms with E-state index in [1.165, 1.54) is 27.7 Å². The van der Waals surface area contributed by atoms with E-state index in [4.69, 9.17) is 28.4 Å². The minimum Gasteiger partial charge on any atom is -0.463 e. The topological polar surface area (TPSA) is 127 Å². The molecule has 0 aromatic heterocycles. The second kappa shape index (κ2) is 7.01. The van der Waals surface area contributed by atoms with Crippen molar-refractivity contribution in [2.24, 2.45) is 0 Å². The summed E-state index contributed by atoms with van der Waals surface area (Å²) >= 11 is 0. The third kappa shape index (κ3) is 4.41. The molecule has 0 bridgehead atoms. The summed E-state index contributed by atoms with van der Waals surface area (Å²) in [7, 11) is 0. The minimum atomic E-state index is -1.97. The highest BCUT2D eigenvalue weighted by molar-refractivity contribution is 5.67. The second-order valence-corrected chi connectivity index (χ2v) is 5.59. The predicted octanol–water partition coefficient (Wildman–Crippen LogP) is -0.781. The van der Waals surface area contributed by atoms with Gasteiger partial charge in [0.1, 0.15) is 12.7 Å². The maximum Gasteiger partial charge on any atom is 0.303 e. The molecule has 6 unspecified atom stereocenters. The van der Waals surface area contributed by atoms with Crippen LogP contribution in [0.15, 0.2) is 0 Å². The van der Waals surface area contributed by atoms with Crippen molar-refractivity contribution in [3.63, 3.8) is 0 Å². The minimum absolute atomic E-state index is 0.264. The predicted molar refractivity (Wildman–Crippen MR) is 73.0 cm³/mol. The molecule has 136 valence electrons. The summed E-state index contributed by atoms with van der Waals surface area (Å²) in [6.07, 6.45) is -5.32. The molecule has 0 radical (unpaired) electrons. The van der Waals surface area contributed by atoms with E-state index >= 15 is 0 Å². The summed E-state index contributed by atoms with van der Waals surface area (Å²) in [4.78, 5) is 33.9. The van der Waals surface area contributed by atoms with Crippen LogP contribution < -0.4 is 0 Å². The van der Waals surface area contributed by atoms with Crippen molar-refractivity contribution in [3.8, 4) is 0 Å². The molecule has 2 aliphatic heterocycles. The number of carbonyl (C=O) groups excluding carboxylic acids is 3. The molecule has 2 saturated heterocycles. The van der Waals surface area contributed by atoms with Gasteiger partial charge in [-0.25, -0.2) is 0 Å². The van der Waals surface area contributed by atoms with E-state index in [9.17, 15) is 19.5 Å². The molecule has 2 fully saturated rings. The van der Waals surface area contributed by atoms with Gasteiger partial charge in [0.15, 0.2) is 24.6 Å². The van der Waals surface area contributed by atoms with Gasteiger partial charge in [-0.2, -0.15) is 0 Å². The number of fused-ring (bicyclic) bond motifs is 1. The molecule has 0 spiro atoms. The van der Waals surface area contributed by atoms with Crippen LogP contribution in [0.25, 0.3) is 0 Å². The van der Waals surface area contributed by atoms with Gasteiger partial charge in [0, 0.05) is 27.7 Å². The zero-order valence-electron chi connectivity index (χ0n) is 13.7. The molecule has 0 saturated carbocycles. The zero-order chi connectivity index (χ0) is 18.1. The van der Waals surface area contributed by atoms with Crippen LogP contribution in [0.2, 0.25) is 0 Å². The highest BCUT2D eigenvalue weighted by Crippen LogP contribution is 2.37. The van der Waals surface area contributed by atoms with Crippen LogP contribution in [0.1, 0.15) is 27.7 Å². The monoisotopic (exact) mass is 348 g/mol. The highest BCUT2D eigenvalue weighted by atomic mass is 16.9. The van der Waals surface area contributed by atoms with E-state index in [0.717, 1.165) is 0 Å². The Morgan fingerprint density at radius 3 is 2.12 bits per heavy atom. The van der Waals surface area contributed by atoms with Crippen LogP contribution in [0, 0.1) is 0 Å². The first-order valence-corrected chi connectivity index (χ1v) is 7.30. The molecule has 10 heteroatoms. The van der Waals surface area contributed by atoms with Gasteiger partial charge in [-0.1, -0.05) is 0 Å². The van der Waals surface area contributed by atoms with Crippen molar-refractivity contribution < 1.29 is 47.9 Å². The first-order chi connectivity index (χ1) is 11.1. The molecule has 0 aromatic carbocycles. The molecule has 0 aromatic rings. The van der Waals surface area contributed by atoms with Gasteiger partial charge in [0.25, 0.3) is 5.97 Å². The molecule has 2 aliphatic rings. The Hall–Kier alpha value is -1.75. The number of rotatable bonds is 4. The number of aliphatic hydroxyl groups is 1. The van der Waals surface area contributed by atoms with Crippen molar-refractivity contribution in [2.45, 2.75) is 64.4 Å². The van der Waals surface area contributed by atoms with E-state index in [1.54, 1.807) is 0 Å². The number of hydrogen-bond donors (Lipinski definition) is 1. The SMILES string of the molecule is CC(=O)OCC1OC2OC(C)(O)OC2C(OC(C)=O)C1OC(C)=O. The van der Waals surface area contributed by atoms with Gasteiger partial charge < -0.3 is 28.8 Å². The van der Waals surface area contributed by atoms with E-state index in [-0.39, 0.29) is 6.61 Å². The average Bonchev–Trinajstić information content (AvgIpc) is 2.72. The lowest BCUT2D eigenvalue weighted by atomic mass is 9.98. The lowest BCUT2D eigenvalue weighted by molar-refractivity contribution is -0.322. The average molecular weight is 348 g/mol. The fourth-order valence-electron chi connectivity index (χ4n) is 2.59. The van der Waals surface area contributed by atoms with Gasteiger partial charge in [0.2, 0.25) is 0 Å². The van der Waals surface area contributed by atoms with Crippen molar-refractivity contribution >= 4 is 17.9 Å². The first kappa shape index (κ1) is 18.6. The fourth-order valence-corrected chi connectivity index (χ4v) is 2.59. The third-order valence-corrected chi connectivity index (χ3v) is 3.34. The number of esters is 3. The van der Waals surface area contributed by atoms with E-state index < -0.39 is 54.6 Å². The Kier molecular flexibility index (Phi) is 5.43. The summed E-state index contributed by atoms with van der Waals surface area (Å²) in [5.74, 6) is -3.84. The summed E-state index contributed by atoms with van der Waals surface area (Å²) in [6, 6.07) is 0. The summed E-state index contributed by atoms with van der Waals surface area (Å²) < 4.78 is 31.3. The van der Waals surface area contributed by atoms with Crippen LogP contribution in [-0.4, -0.2) is 66.3 Å². The molecule has 0 amide bonds. The number of hydrogen-bond acceptors (Lipinski definition) is 10. The molecule has 24 heavy (non-hydrogen) atoms. The standard InChI is InChI=1S/C14H20O10/c1-6(15)19-5-9-10(20-7(2)16)11(21-8(3)17)12-13(22-9)24-14(4,18)23-12/h9-13,18H,5H2,1-4H3. The lowest BCUT2D eigenvalue weighted by Crippen LogP contribution is -2.60. The van der Waals surface area contributed by atoms with Gasteiger partial charge in [-0.3, -0.25) is 19.1 Å². The quantitative estimate of drug-likeness (QED) is 0.510. The van der Waals surface area contributed by atoms with Gasteiger partial charge >= 0.3 is 17.9 Å². The molecule has 1 N–H and O–H groups in total. The fraction of sp³-hybridized carbons (Fsp3) is 0.786. The zero-order valence-corrected chi connectivity index (χ0v) is 13.7. The summed E-state index contributed by atoms with van der Waals surface area (Å²) in [6.45, 7) is 4.52. The molecule has 10 nitrogen and oxygen atoms in total. The largest absolute Gasteiger partial charge is 0.463 e. The van der Waals surface area contributed by atoms with Crippen LogP contribution in [-0.2, 0) is 42.8 Å². The lowest BCUT2D eigenvalue weighted by Gasteiger charge is -2.40. The highest BCUT2D eigenvalue weighted by Gasteiger charge is 2.58. The smallest absolute Gasteiger partial charge is 0.303 e. The van der Waals surface area contributed by atoms with Crippen molar-refractivity contribution in [1.82, 2.24) is 0 Å². The Bertz CT molecular complexity index is 516. The van der Waals surface area contributed by atoms with E-state index in [0.29, 0.717) is 0 Å². The molecule has 2 rings (SSSR count). The Balaban J connectivity index is 2.28. The van der Waals surface area contributed by atoms with Gasteiger partial charge in [-0.15, -0.1) is 0 Å². The maximum absolute atomic E-state index is 11.4. The van der Waals surface area contributed by atoms with Crippen LogP contribution >= 0.6 is 0 Å². The van der Waals surface area contributed by atoms with Crippen LogP contribution in [0.3, 0.4) is 0 Å². The van der Waals surface area contributed by atoms with Crippen LogP contribution in [0.5, 0.6) is 0 Å². The molecule has 6 atom stereocenters. The van der Waals surface area contributed by atoms with Gasteiger partial charge in [0.05, 0.1) is 0 Å². The summed E-state index contributed by atoms with van der Waals surface area (Å²) in [5, 5.41) is 9.89. The second-order valence-electron chi connectivity index (χ2n) is 5.59. The molecular weight excluding hydrogens is 328 g/mol. The Morgan fingerprint density at radius 2 is 1.58 bits per heavy atom. The maximum atomic E-state index is 11.4. The molecular formula is C14H20O10. The normalized spacial score (nSPS) is 38.1. The van der Waals surface area contributed by atoms with E-state index in [1.807, 2.05) is 0 Å². The first-order valence-electron chi connectivity index (χ1n) is 7.30. The third-order valence-electron chi connectivity index (χ3n) is 3.34. The van der Waals surface area contributed by atoms with Crippen LogP contribution in [0.4, 0.5) is 0 Å². The number of ether oxygens (including phenoxy) is 6. The Labute approximate surface area is 137 Å². The van der Waals surface area contributed by atoms with Crippen molar-refractivity contribution in [2.75, 3.05) is 6.61 Å². The van der Waals surface area contributed by atoms with Gasteiger partial charge in [-0.05, 0) is 0 Å². The van der Waals surface area contributed by atoms with E-state index in [2.05, 4.69) is 0 Å².